The van der Waals surface area contributed by atoms with Crippen LogP contribution in [0.2, 0.25) is 0 Å². The standard InChI is InChI=1S/C79H124N14O24/c1-16-42(8)62(53(112-14)33-57(98)93-31-21-25-51(93)68(113-15)43(9)71(104)85-44(10)63(99)47-22-18-17-19-23-47)91(12)76(109)59(40(4)5)90-74(107)61(41(6)7)92(13)79(111)114-38-46-26-28-49(29-27-46)87-72(105)50(24-20-30-81-78(80)110)88-73(106)58(39(2)3)89-56(97)36-83-54(95)34-82-55(96)35-84-75(108)70-66(102)65(101)67(103)77(117-70)116-69-48(37-94)32-52-60(64(69)100)86-45(11)115-52/h17-19,22-23,26-29,39-44,48,50-53,58-70,77,94,99-103H,16,20-21,24-25,30-38H2,1-15H3,(H,82,96)(H,83,95)(H,84,108)(H,85,104)(H,87,105)(H,88,106)(H,89,97)(H,90,107)(H3,80,81,110)/t42-,43+,44+,48?,50-,51+,52-,53+,58-,59-,60?,61-,62-,63+,64+,65-,66-,67?,68+,69+,70?,77+/m0/s1. The van der Waals surface area contributed by atoms with Gasteiger partial charge in [-0.15, -0.1) is 0 Å². The van der Waals surface area contributed by atoms with E-state index in [1.54, 1.807) is 111 Å². The maximum atomic E-state index is 14.9. The van der Waals surface area contributed by atoms with Crippen LogP contribution in [0.15, 0.2) is 59.6 Å². The number of aliphatic imine (C=N–C) groups is 1. The fourth-order valence-electron chi connectivity index (χ4n) is 15.1. The van der Waals surface area contributed by atoms with Crippen LogP contribution < -0.4 is 53.6 Å². The van der Waals surface area contributed by atoms with Crippen molar-refractivity contribution in [3.8, 4) is 0 Å². The number of rotatable bonds is 42. The Balaban J connectivity index is 0.983. The third-order valence-electron chi connectivity index (χ3n) is 21.9. The molecule has 0 aromatic heterocycles. The molecule has 38 nitrogen and oxygen atoms in total. The van der Waals surface area contributed by atoms with Crippen LogP contribution in [0.25, 0.3) is 0 Å². The van der Waals surface area contributed by atoms with E-state index >= 15 is 0 Å². The van der Waals surface area contributed by atoms with Crippen LogP contribution >= 0.6 is 0 Å². The predicted octanol–water partition coefficient (Wildman–Crippen LogP) is -1.31. The number of ether oxygens (including phenoxy) is 6. The van der Waals surface area contributed by atoms with Crippen molar-refractivity contribution in [2.75, 3.05) is 73.0 Å². The Morgan fingerprint density at radius 1 is 0.701 bits per heavy atom. The summed E-state index contributed by atoms with van der Waals surface area (Å²) in [4.78, 5) is 172. The van der Waals surface area contributed by atoms with Crippen LogP contribution in [0.1, 0.15) is 138 Å². The second kappa shape index (κ2) is 45.6. The van der Waals surface area contributed by atoms with E-state index in [0.29, 0.717) is 42.8 Å². The molecule has 6 rings (SSSR count). The minimum atomic E-state index is -2.03. The van der Waals surface area contributed by atoms with Gasteiger partial charge in [-0.05, 0) is 86.0 Å². The molecule has 0 radical (unpaired) electrons. The molecule has 4 aliphatic rings. The SMILES string of the molecule is CC[C@H](C)[C@@H]([C@@H](CC(=O)N1CCC[C@@H]1[C@H](OC)[C@@H](C)C(=O)N[C@H](C)[C@@H](O)c1ccccc1)OC)N(C)C(=O)[C@@H](NC(=O)[C@H](C(C)C)N(C)C(=O)OCc1ccc(NC(=O)[C@H](CCCNC(N)=O)NC(=O)[C@@H](NC(=O)CNC(=O)CNC(=O)CNC(=O)C2O[C@@H](O[C@@H]3C(CO)C[C@@H]4OC(C)=NC4[C@H]3O)C(O)[C@@H](O)[C@@H]2O)C(C)C)cc1)C(C)C. The minimum absolute atomic E-state index is 0.0205. The predicted molar refractivity (Wildman–Crippen MR) is 423 cm³/mol. The van der Waals surface area contributed by atoms with E-state index in [1.807, 2.05) is 19.9 Å². The van der Waals surface area contributed by atoms with Gasteiger partial charge in [0.1, 0.15) is 67.3 Å². The van der Waals surface area contributed by atoms with E-state index < -0.39 is 231 Å². The molecule has 22 atom stereocenters. The molecule has 38 heteroatoms. The number of nitrogens with one attached hydrogen (secondary N) is 9. The van der Waals surface area contributed by atoms with Crippen LogP contribution in [-0.2, 0) is 83.0 Å². The number of carbonyl (C=O) groups excluding carboxylic acids is 12. The summed E-state index contributed by atoms with van der Waals surface area (Å²) in [5.41, 5.74) is 6.62. The molecule has 1 saturated carbocycles. The van der Waals surface area contributed by atoms with Gasteiger partial charge in [0, 0.05) is 66.5 Å². The lowest BCUT2D eigenvalue weighted by Gasteiger charge is -2.45. The number of aliphatic hydroxyl groups is 6. The number of aliphatic hydroxyl groups excluding tert-OH is 6. The fraction of sp³-hybridized carbons (Fsp3) is 0.684. The van der Waals surface area contributed by atoms with Crippen LogP contribution in [-0.4, -0.2) is 300 Å². The maximum Gasteiger partial charge on any atom is 0.410 e. The first-order chi connectivity index (χ1) is 55.3. The molecule has 2 aromatic rings. The highest BCUT2D eigenvalue weighted by Crippen LogP contribution is 2.38. The Morgan fingerprint density at radius 3 is 1.92 bits per heavy atom. The van der Waals surface area contributed by atoms with Gasteiger partial charge in [0.15, 0.2) is 18.3 Å². The fourth-order valence-corrected chi connectivity index (χ4v) is 15.1. The van der Waals surface area contributed by atoms with Gasteiger partial charge in [-0.2, -0.15) is 0 Å². The number of benzene rings is 2. The summed E-state index contributed by atoms with van der Waals surface area (Å²) < 4.78 is 34.7. The van der Waals surface area contributed by atoms with Crippen LogP contribution in [0.3, 0.4) is 0 Å². The molecule has 0 spiro atoms. The molecule has 117 heavy (non-hydrogen) atoms. The van der Waals surface area contributed by atoms with Crippen LogP contribution in [0.5, 0.6) is 0 Å². The van der Waals surface area contributed by atoms with Gasteiger partial charge in [0.05, 0.1) is 74.5 Å². The van der Waals surface area contributed by atoms with E-state index in [-0.39, 0.29) is 62.3 Å². The van der Waals surface area contributed by atoms with Crippen molar-refractivity contribution >= 4 is 82.8 Å². The lowest BCUT2D eigenvalue weighted by atomic mass is 9.80. The van der Waals surface area contributed by atoms with Gasteiger partial charge < -0.3 is 122 Å². The zero-order valence-corrected chi connectivity index (χ0v) is 69.4. The van der Waals surface area contributed by atoms with Gasteiger partial charge in [-0.1, -0.05) is 111 Å². The van der Waals surface area contributed by atoms with Crippen molar-refractivity contribution < 1.29 is 117 Å². The van der Waals surface area contributed by atoms with Gasteiger partial charge in [0.2, 0.25) is 53.2 Å². The molecular weight excluding hydrogens is 1530 g/mol. The van der Waals surface area contributed by atoms with Crippen molar-refractivity contribution in [2.24, 2.45) is 46.2 Å². The second-order valence-corrected chi connectivity index (χ2v) is 31.5. The minimum Gasteiger partial charge on any atom is -0.476 e. The number of nitrogens with two attached hydrogens (primary N) is 1. The molecule has 3 heterocycles. The summed E-state index contributed by atoms with van der Waals surface area (Å²) in [7, 11) is 5.99. The largest absolute Gasteiger partial charge is 0.476 e. The molecule has 3 fully saturated rings. The van der Waals surface area contributed by atoms with E-state index in [1.165, 1.54) is 38.3 Å². The van der Waals surface area contributed by atoms with E-state index in [9.17, 15) is 88.2 Å². The molecule has 1 aliphatic carbocycles. The molecule has 3 aliphatic heterocycles. The smallest absolute Gasteiger partial charge is 0.410 e. The second-order valence-electron chi connectivity index (χ2n) is 31.5. The number of likely N-dealkylation sites (N-methyl/N-ethyl adjacent to an activating group) is 2. The van der Waals surface area contributed by atoms with Crippen molar-refractivity contribution in [3.05, 3.63) is 65.7 Å². The number of nitrogens with zero attached hydrogens (tertiary/aromatic N) is 4. The number of likely N-dealkylation sites (tertiary alicyclic amines) is 1. The Bertz CT molecular complexity index is 3690. The first-order valence-corrected chi connectivity index (χ1v) is 39.8. The van der Waals surface area contributed by atoms with Gasteiger partial charge >= 0.3 is 12.1 Å². The number of methoxy groups -OCH3 is 2. The molecule has 17 N–H and O–H groups in total. The Morgan fingerprint density at radius 2 is 1.33 bits per heavy atom. The third-order valence-corrected chi connectivity index (χ3v) is 21.9. The van der Waals surface area contributed by atoms with E-state index in [4.69, 9.17) is 34.2 Å². The maximum absolute atomic E-state index is 14.9. The van der Waals surface area contributed by atoms with Crippen molar-refractivity contribution in [2.45, 2.75) is 243 Å². The highest BCUT2D eigenvalue weighted by Gasteiger charge is 2.54. The monoisotopic (exact) mass is 1650 g/mol. The first kappa shape index (κ1) is 96.6. The van der Waals surface area contributed by atoms with Crippen LogP contribution in [0.4, 0.5) is 15.3 Å². The topological polar surface area (TPSA) is 538 Å². The first-order valence-electron chi connectivity index (χ1n) is 39.8. The summed E-state index contributed by atoms with van der Waals surface area (Å²) >= 11 is 0. The molecule has 2 saturated heterocycles. The average molecular weight is 1650 g/mol. The Hall–Kier alpha value is -9.25. The third kappa shape index (κ3) is 26.6. The van der Waals surface area contributed by atoms with E-state index in [2.05, 4.69) is 52.8 Å². The number of primary amides is 1. The normalized spacial score (nSPS) is 23.8. The van der Waals surface area contributed by atoms with Crippen molar-refractivity contribution in [3.63, 3.8) is 0 Å². The van der Waals surface area contributed by atoms with Gasteiger partial charge in [-0.3, -0.25) is 52.8 Å². The van der Waals surface area contributed by atoms with Gasteiger partial charge in [0.25, 0.3) is 5.91 Å². The number of urea groups is 1. The summed E-state index contributed by atoms with van der Waals surface area (Å²) in [6.45, 7) is 16.6. The van der Waals surface area contributed by atoms with Crippen molar-refractivity contribution in [1.82, 2.24) is 57.2 Å². The summed E-state index contributed by atoms with van der Waals surface area (Å²) in [6, 6.07) is 6.98. The number of hydrogen-bond acceptors (Lipinski definition) is 25. The summed E-state index contributed by atoms with van der Waals surface area (Å²) in [6.07, 6.45) is -14.2. The zero-order chi connectivity index (χ0) is 87.0. The summed E-state index contributed by atoms with van der Waals surface area (Å²) in [5, 5.41) is 87.1. The Labute approximate surface area is 682 Å². The average Bonchev–Trinajstić information content (AvgIpc) is 1.72. The van der Waals surface area contributed by atoms with Gasteiger partial charge in [-0.25, -0.2) is 14.6 Å². The lowest BCUT2D eigenvalue weighted by Crippen LogP contribution is -2.64. The number of fused-ring (bicyclic) bond motifs is 1. The molecule has 654 valence electrons. The number of hydrogen-bond donors (Lipinski definition) is 16. The van der Waals surface area contributed by atoms with Crippen LogP contribution in [0, 0.1) is 35.5 Å². The quantitative estimate of drug-likeness (QED) is 0.0343. The molecule has 4 unspecified atom stereocenters. The number of amides is 13. The number of carbonyl (C=O) groups is 12. The Kier molecular flexibility index (Phi) is 37.7. The molecule has 2 aromatic carbocycles. The zero-order valence-electron chi connectivity index (χ0n) is 69.4. The number of anilines is 1. The lowest BCUT2D eigenvalue weighted by molar-refractivity contribution is -0.317. The highest BCUT2D eigenvalue weighted by atomic mass is 16.7. The molecular formula is C79H124N14O24. The highest BCUT2D eigenvalue weighted by molar-refractivity contribution is 5.99. The van der Waals surface area contributed by atoms with Crippen molar-refractivity contribution in [1.29, 1.82) is 0 Å². The van der Waals surface area contributed by atoms with E-state index in [0.717, 1.165) is 4.90 Å². The summed E-state index contributed by atoms with van der Waals surface area (Å²) in [5.74, 6) is -9.92. The molecule has 13 amide bonds. The molecule has 0 bridgehead atoms.